The number of carbonyl (C=O) groups excluding carboxylic acids is 2. The topological polar surface area (TPSA) is 49.4 Å². The normalized spacial score (nSPS) is 11.1. The molecule has 0 radical (unpaired) electrons. The molecule has 0 saturated heterocycles. The molecule has 2 aromatic carbocycles. The first-order valence-corrected chi connectivity index (χ1v) is 9.35. The minimum Gasteiger partial charge on any atom is -0.352 e. The number of aryl methyl sites for hydroxylation is 1. The van der Waals surface area contributed by atoms with Gasteiger partial charge in [-0.15, -0.1) is 0 Å². The molecule has 0 aliphatic carbocycles. The summed E-state index contributed by atoms with van der Waals surface area (Å²) in [5.41, 5.74) is 4.16. The van der Waals surface area contributed by atoms with Gasteiger partial charge in [-0.3, -0.25) is 9.59 Å². The van der Waals surface area contributed by atoms with Crippen molar-refractivity contribution in [1.29, 1.82) is 0 Å². The first kappa shape index (κ1) is 20.7. The summed E-state index contributed by atoms with van der Waals surface area (Å²) in [7, 11) is 1.79. The molecule has 0 bridgehead atoms. The van der Waals surface area contributed by atoms with Gasteiger partial charge in [-0.2, -0.15) is 0 Å². The fourth-order valence-corrected chi connectivity index (χ4v) is 2.83. The number of benzene rings is 2. The smallest absolute Gasteiger partial charge is 0.251 e. The van der Waals surface area contributed by atoms with Crippen LogP contribution >= 0.6 is 0 Å². The summed E-state index contributed by atoms with van der Waals surface area (Å²) in [6, 6.07) is 15.8. The van der Waals surface area contributed by atoms with Crippen molar-refractivity contribution in [1.82, 2.24) is 10.2 Å². The van der Waals surface area contributed by atoms with E-state index in [9.17, 15) is 9.59 Å². The van der Waals surface area contributed by atoms with Crippen LogP contribution in [0.5, 0.6) is 0 Å². The Kier molecular flexibility index (Phi) is 6.78. The van der Waals surface area contributed by atoms with Gasteiger partial charge in [0.2, 0.25) is 5.91 Å². The van der Waals surface area contributed by atoms with E-state index in [4.69, 9.17) is 0 Å². The van der Waals surface area contributed by atoms with Crippen molar-refractivity contribution in [2.24, 2.45) is 0 Å². The summed E-state index contributed by atoms with van der Waals surface area (Å²) in [6.45, 7) is 9.39. The van der Waals surface area contributed by atoms with Crippen LogP contribution in [0.3, 0.4) is 0 Å². The average Bonchev–Trinajstić information content (AvgIpc) is 2.61. The number of nitrogens with zero attached hydrogens (tertiary/aromatic N) is 1. The van der Waals surface area contributed by atoms with Gasteiger partial charge in [0.1, 0.15) is 0 Å². The standard InChI is InChI=1S/C23H30N2O2/c1-17-7-6-8-19(15-17)22(27)24-14-13-21(26)25(5)16-18-9-11-20(12-10-18)23(2,3)4/h6-12,15H,13-14,16H2,1-5H3,(H,24,27). The van der Waals surface area contributed by atoms with E-state index in [-0.39, 0.29) is 23.7 Å². The van der Waals surface area contributed by atoms with E-state index in [0.29, 0.717) is 18.7 Å². The maximum Gasteiger partial charge on any atom is 0.251 e. The van der Waals surface area contributed by atoms with Gasteiger partial charge in [0, 0.05) is 32.1 Å². The lowest BCUT2D eigenvalue weighted by molar-refractivity contribution is -0.130. The highest BCUT2D eigenvalue weighted by Crippen LogP contribution is 2.22. The fraction of sp³-hybridized carbons (Fsp3) is 0.391. The number of nitrogens with one attached hydrogen (secondary N) is 1. The summed E-state index contributed by atoms with van der Waals surface area (Å²) >= 11 is 0. The number of hydrogen-bond acceptors (Lipinski definition) is 2. The van der Waals surface area contributed by atoms with Gasteiger partial charge >= 0.3 is 0 Å². The Morgan fingerprint density at radius 3 is 2.30 bits per heavy atom. The third-order valence-electron chi connectivity index (χ3n) is 4.57. The molecule has 144 valence electrons. The second-order valence-corrected chi connectivity index (χ2v) is 8.07. The molecule has 2 aromatic rings. The number of hydrogen-bond donors (Lipinski definition) is 1. The van der Waals surface area contributed by atoms with Crippen molar-refractivity contribution < 1.29 is 9.59 Å². The molecule has 2 amide bonds. The number of carbonyl (C=O) groups is 2. The van der Waals surface area contributed by atoms with E-state index in [0.717, 1.165) is 11.1 Å². The fourth-order valence-electron chi connectivity index (χ4n) is 2.83. The van der Waals surface area contributed by atoms with Crippen molar-refractivity contribution in [3.05, 3.63) is 70.8 Å². The second-order valence-electron chi connectivity index (χ2n) is 8.07. The van der Waals surface area contributed by atoms with Gasteiger partial charge < -0.3 is 10.2 Å². The third-order valence-corrected chi connectivity index (χ3v) is 4.57. The molecule has 0 aliphatic heterocycles. The van der Waals surface area contributed by atoms with Crippen LogP contribution in [0.4, 0.5) is 0 Å². The van der Waals surface area contributed by atoms with Gasteiger partial charge in [-0.1, -0.05) is 62.7 Å². The molecule has 0 unspecified atom stereocenters. The molecule has 0 aromatic heterocycles. The Balaban J connectivity index is 1.81. The van der Waals surface area contributed by atoms with E-state index in [1.165, 1.54) is 5.56 Å². The van der Waals surface area contributed by atoms with Crippen molar-refractivity contribution in [2.45, 2.75) is 46.1 Å². The quantitative estimate of drug-likeness (QED) is 0.838. The van der Waals surface area contributed by atoms with Crippen molar-refractivity contribution in [3.8, 4) is 0 Å². The van der Waals surface area contributed by atoms with Crippen molar-refractivity contribution in [2.75, 3.05) is 13.6 Å². The van der Waals surface area contributed by atoms with Crippen LogP contribution in [-0.4, -0.2) is 30.3 Å². The molecular weight excluding hydrogens is 336 g/mol. The van der Waals surface area contributed by atoms with E-state index >= 15 is 0 Å². The lowest BCUT2D eigenvalue weighted by Crippen LogP contribution is -2.31. The molecular formula is C23H30N2O2. The van der Waals surface area contributed by atoms with Crippen LogP contribution in [-0.2, 0) is 16.8 Å². The Hall–Kier alpha value is -2.62. The third kappa shape index (κ3) is 6.24. The molecule has 0 fully saturated rings. The molecule has 0 heterocycles. The zero-order valence-electron chi connectivity index (χ0n) is 17.0. The highest BCUT2D eigenvalue weighted by atomic mass is 16.2. The van der Waals surface area contributed by atoms with E-state index in [1.54, 1.807) is 18.0 Å². The van der Waals surface area contributed by atoms with Gasteiger partial charge in [-0.25, -0.2) is 0 Å². The number of amides is 2. The van der Waals surface area contributed by atoms with Crippen LogP contribution in [0.15, 0.2) is 48.5 Å². The van der Waals surface area contributed by atoms with Crippen molar-refractivity contribution in [3.63, 3.8) is 0 Å². The van der Waals surface area contributed by atoms with Crippen LogP contribution < -0.4 is 5.32 Å². The maximum absolute atomic E-state index is 12.3. The SMILES string of the molecule is Cc1cccc(C(=O)NCCC(=O)N(C)Cc2ccc(C(C)(C)C)cc2)c1. The molecule has 0 aliphatic rings. The van der Waals surface area contributed by atoms with Crippen LogP contribution in [0.2, 0.25) is 0 Å². The molecule has 0 saturated carbocycles. The molecule has 4 nitrogen and oxygen atoms in total. The van der Waals surface area contributed by atoms with Crippen LogP contribution in [0.1, 0.15) is 54.2 Å². The summed E-state index contributed by atoms with van der Waals surface area (Å²) in [5.74, 6) is -0.133. The minimum absolute atomic E-state index is 0.0134. The Morgan fingerprint density at radius 2 is 1.70 bits per heavy atom. The first-order chi connectivity index (χ1) is 12.7. The Labute approximate surface area is 162 Å². The Bertz CT molecular complexity index is 789. The average molecular weight is 367 g/mol. The van der Waals surface area contributed by atoms with Gasteiger partial charge in [0.15, 0.2) is 0 Å². The summed E-state index contributed by atoms with van der Waals surface area (Å²) < 4.78 is 0. The van der Waals surface area contributed by atoms with Crippen LogP contribution in [0.25, 0.3) is 0 Å². The second kappa shape index (κ2) is 8.85. The van der Waals surface area contributed by atoms with E-state index in [2.05, 4.69) is 50.4 Å². The summed E-state index contributed by atoms with van der Waals surface area (Å²) in [5, 5.41) is 2.81. The highest BCUT2D eigenvalue weighted by Gasteiger charge is 2.14. The first-order valence-electron chi connectivity index (χ1n) is 9.35. The predicted octanol–water partition coefficient (Wildman–Crippen LogP) is 4.07. The molecule has 27 heavy (non-hydrogen) atoms. The summed E-state index contributed by atoms with van der Waals surface area (Å²) in [4.78, 5) is 26.1. The van der Waals surface area contributed by atoms with Gasteiger partial charge in [0.25, 0.3) is 5.91 Å². The molecule has 4 heteroatoms. The minimum atomic E-state index is -0.146. The zero-order chi connectivity index (χ0) is 20.0. The largest absolute Gasteiger partial charge is 0.352 e. The maximum atomic E-state index is 12.3. The summed E-state index contributed by atoms with van der Waals surface area (Å²) in [6.07, 6.45) is 0.286. The van der Waals surface area contributed by atoms with Crippen molar-refractivity contribution >= 4 is 11.8 Å². The predicted molar refractivity (Wildman–Crippen MR) is 110 cm³/mol. The number of rotatable bonds is 6. The lowest BCUT2D eigenvalue weighted by Gasteiger charge is -2.21. The monoisotopic (exact) mass is 366 g/mol. The molecule has 2 rings (SSSR count). The molecule has 0 atom stereocenters. The molecule has 1 N–H and O–H groups in total. The zero-order valence-corrected chi connectivity index (χ0v) is 17.0. The Morgan fingerprint density at radius 1 is 1.04 bits per heavy atom. The van der Waals surface area contributed by atoms with E-state index < -0.39 is 0 Å². The lowest BCUT2D eigenvalue weighted by atomic mass is 9.87. The van der Waals surface area contributed by atoms with Gasteiger partial charge in [-0.05, 0) is 35.6 Å². The van der Waals surface area contributed by atoms with Gasteiger partial charge in [0.05, 0.1) is 0 Å². The highest BCUT2D eigenvalue weighted by molar-refractivity contribution is 5.94. The van der Waals surface area contributed by atoms with Crippen LogP contribution in [0, 0.1) is 6.92 Å². The van der Waals surface area contributed by atoms with E-state index in [1.807, 2.05) is 25.1 Å². The molecule has 0 spiro atoms.